The van der Waals surface area contributed by atoms with E-state index in [0.717, 1.165) is 19.3 Å². The third-order valence-electron chi connectivity index (χ3n) is 1.55. The van der Waals surface area contributed by atoms with Crippen molar-refractivity contribution in [1.29, 1.82) is 0 Å². The Morgan fingerprint density at radius 1 is 1.88 bits per heavy atom. The lowest BCUT2D eigenvalue weighted by Crippen LogP contribution is -2.22. The maximum Gasteiger partial charge on any atom is 0.136 e. The Kier molecular flexibility index (Phi) is 1.63. The summed E-state index contributed by atoms with van der Waals surface area (Å²) in [4.78, 5) is 10.1. The van der Waals surface area contributed by atoms with Crippen molar-refractivity contribution in [2.45, 2.75) is 19.4 Å². The van der Waals surface area contributed by atoms with Crippen LogP contribution in [0.15, 0.2) is 0 Å². The highest BCUT2D eigenvalue weighted by molar-refractivity contribution is 5.58. The van der Waals surface area contributed by atoms with Gasteiger partial charge in [-0.25, -0.2) is 0 Å². The van der Waals surface area contributed by atoms with Gasteiger partial charge in [0, 0.05) is 1.43 Å². The second-order valence-corrected chi connectivity index (χ2v) is 2.49. The first-order valence-electron chi connectivity index (χ1n) is 3.01. The molecule has 0 aromatic carbocycles. The van der Waals surface area contributed by atoms with E-state index in [-0.39, 0.29) is 7.47 Å². The summed E-state index contributed by atoms with van der Waals surface area (Å²) in [5.41, 5.74) is 0. The minimum Gasteiger partial charge on any atom is -0.307 e. The van der Waals surface area contributed by atoms with Gasteiger partial charge >= 0.3 is 0 Å². The molecule has 0 aliphatic carbocycles. The van der Waals surface area contributed by atoms with Crippen LogP contribution in [-0.4, -0.2) is 18.9 Å². The van der Waals surface area contributed by atoms with E-state index in [4.69, 9.17) is 0 Å². The van der Waals surface area contributed by atoms with Crippen molar-refractivity contribution in [3.05, 3.63) is 0 Å². The van der Waals surface area contributed by atoms with Crippen LogP contribution in [0.25, 0.3) is 0 Å². The molecule has 1 aliphatic heterocycles. The molecule has 8 heavy (non-hydrogen) atoms. The van der Waals surface area contributed by atoms with Crippen LogP contribution < -0.4 is 5.32 Å². The smallest absolute Gasteiger partial charge is 0.136 e. The van der Waals surface area contributed by atoms with Gasteiger partial charge in [0.2, 0.25) is 0 Å². The molecular formula is C6H13NO. The first-order chi connectivity index (χ1) is 3.83. The van der Waals surface area contributed by atoms with E-state index in [2.05, 4.69) is 12.2 Å². The molecule has 0 bridgehead atoms. The first-order valence-corrected chi connectivity index (χ1v) is 3.01. The summed E-state index contributed by atoms with van der Waals surface area (Å²) in [7, 11) is 0. The van der Waals surface area contributed by atoms with Crippen LogP contribution in [0, 0.1) is 5.92 Å². The zero-order valence-corrected chi connectivity index (χ0v) is 5.05. The normalized spacial score (nSPS) is 37.6. The summed E-state index contributed by atoms with van der Waals surface area (Å²) >= 11 is 0. The maximum absolute atomic E-state index is 10.1. The van der Waals surface area contributed by atoms with E-state index < -0.39 is 0 Å². The minimum absolute atomic E-state index is 0. The highest BCUT2D eigenvalue weighted by Gasteiger charge is 2.18. The van der Waals surface area contributed by atoms with Gasteiger partial charge in [-0.05, 0) is 18.9 Å². The fourth-order valence-corrected chi connectivity index (χ4v) is 1.06. The fraction of sp³-hybridized carbons (Fsp3) is 0.833. The molecule has 1 rings (SSSR count). The van der Waals surface area contributed by atoms with Crippen molar-refractivity contribution in [2.75, 3.05) is 6.54 Å². The van der Waals surface area contributed by atoms with Crippen molar-refractivity contribution < 1.29 is 6.22 Å². The summed E-state index contributed by atoms with van der Waals surface area (Å²) in [6, 6.07) is 0.144. The second kappa shape index (κ2) is 2.27. The molecule has 2 atom stereocenters. The van der Waals surface area contributed by atoms with E-state index in [9.17, 15) is 4.79 Å². The highest BCUT2D eigenvalue weighted by atomic mass is 16.1. The lowest BCUT2D eigenvalue weighted by Gasteiger charge is -1.94. The van der Waals surface area contributed by atoms with E-state index in [1.807, 2.05) is 0 Å². The van der Waals surface area contributed by atoms with Gasteiger partial charge in [-0.1, -0.05) is 6.92 Å². The number of aldehydes is 1. The monoisotopic (exact) mass is 115 g/mol. The van der Waals surface area contributed by atoms with Crippen LogP contribution in [0.5, 0.6) is 0 Å². The molecule has 48 valence electrons. The van der Waals surface area contributed by atoms with Crippen molar-refractivity contribution in [2.24, 2.45) is 5.92 Å². The Bertz CT molecular complexity index is 97.1. The Hall–Kier alpha value is -0.370. The van der Waals surface area contributed by atoms with Crippen LogP contribution in [0.2, 0.25) is 0 Å². The molecule has 1 N–H and O–H groups in total. The van der Waals surface area contributed by atoms with Crippen LogP contribution in [0.1, 0.15) is 14.8 Å². The number of hydrogen-bond donors (Lipinski definition) is 1. The number of hydrogen-bond acceptors (Lipinski definition) is 2. The Morgan fingerprint density at radius 3 is 2.88 bits per heavy atom. The molecule has 1 heterocycles. The van der Waals surface area contributed by atoms with Gasteiger partial charge in [0.15, 0.2) is 0 Å². The van der Waals surface area contributed by atoms with Gasteiger partial charge in [0.25, 0.3) is 0 Å². The molecule has 1 aliphatic rings. The number of carbonyl (C=O) groups is 1. The standard InChI is InChI=1S/C6H11NO.H2/c1-5-2-6(4-8)7-3-5;/h4-7H,2-3H2,1H3;1H/t5-,6+;/m0./s1. The van der Waals surface area contributed by atoms with Crippen molar-refractivity contribution >= 4 is 6.29 Å². The molecule has 0 aromatic rings. The van der Waals surface area contributed by atoms with E-state index in [1.165, 1.54) is 0 Å². The van der Waals surface area contributed by atoms with E-state index >= 15 is 0 Å². The highest BCUT2D eigenvalue weighted by Crippen LogP contribution is 2.09. The SMILES string of the molecule is C[C@@H]1CN[C@@H](C=O)C1.[HH]. The van der Waals surface area contributed by atoms with Crippen LogP contribution in [0.3, 0.4) is 0 Å². The molecule has 0 saturated carbocycles. The molecule has 0 aromatic heterocycles. The molecular weight excluding hydrogens is 102 g/mol. The lowest BCUT2D eigenvalue weighted by molar-refractivity contribution is -0.109. The summed E-state index contributed by atoms with van der Waals surface area (Å²) in [5.74, 6) is 0.685. The average molecular weight is 115 g/mol. The Morgan fingerprint density at radius 2 is 2.62 bits per heavy atom. The van der Waals surface area contributed by atoms with Gasteiger partial charge in [-0.15, -0.1) is 0 Å². The Balaban J connectivity index is 0.000000640. The summed E-state index contributed by atoms with van der Waals surface area (Å²) in [6.45, 7) is 3.15. The maximum atomic E-state index is 10.1. The zero-order valence-electron chi connectivity index (χ0n) is 5.05. The van der Waals surface area contributed by atoms with Gasteiger partial charge < -0.3 is 10.1 Å². The van der Waals surface area contributed by atoms with Crippen LogP contribution >= 0.6 is 0 Å². The lowest BCUT2D eigenvalue weighted by atomic mass is 10.1. The van der Waals surface area contributed by atoms with Gasteiger partial charge in [-0.2, -0.15) is 0 Å². The van der Waals surface area contributed by atoms with E-state index in [1.54, 1.807) is 0 Å². The molecule has 0 spiro atoms. The van der Waals surface area contributed by atoms with Crippen molar-refractivity contribution in [3.8, 4) is 0 Å². The van der Waals surface area contributed by atoms with Gasteiger partial charge in [-0.3, -0.25) is 0 Å². The largest absolute Gasteiger partial charge is 0.307 e. The number of carbonyl (C=O) groups excluding carboxylic acids is 1. The topological polar surface area (TPSA) is 29.1 Å². The third-order valence-corrected chi connectivity index (χ3v) is 1.55. The Labute approximate surface area is 50.8 Å². The minimum atomic E-state index is 0. The predicted molar refractivity (Wildman–Crippen MR) is 33.7 cm³/mol. The molecule has 1 fully saturated rings. The summed E-state index contributed by atoms with van der Waals surface area (Å²) in [6.07, 6.45) is 2.01. The third kappa shape index (κ3) is 1.07. The van der Waals surface area contributed by atoms with E-state index in [0.29, 0.717) is 5.92 Å². The molecule has 0 radical (unpaired) electrons. The molecule has 2 nitrogen and oxygen atoms in total. The molecule has 1 saturated heterocycles. The number of nitrogens with one attached hydrogen (secondary N) is 1. The summed E-state index contributed by atoms with van der Waals surface area (Å²) in [5, 5.41) is 3.09. The molecule has 2 heteroatoms. The van der Waals surface area contributed by atoms with Crippen molar-refractivity contribution in [3.63, 3.8) is 0 Å². The van der Waals surface area contributed by atoms with Gasteiger partial charge in [0.05, 0.1) is 6.04 Å². The zero-order chi connectivity index (χ0) is 5.98. The summed E-state index contributed by atoms with van der Waals surface area (Å²) < 4.78 is 0. The van der Waals surface area contributed by atoms with Gasteiger partial charge in [0.1, 0.15) is 6.29 Å². The second-order valence-electron chi connectivity index (χ2n) is 2.49. The van der Waals surface area contributed by atoms with Crippen LogP contribution in [0.4, 0.5) is 0 Å². The average Bonchev–Trinajstić information content (AvgIpc) is 2.14. The van der Waals surface area contributed by atoms with Crippen molar-refractivity contribution in [1.82, 2.24) is 5.32 Å². The quantitative estimate of drug-likeness (QED) is 0.502. The molecule has 0 unspecified atom stereocenters. The predicted octanol–water partition coefficient (Wildman–Crippen LogP) is 0.429. The fourth-order valence-electron chi connectivity index (χ4n) is 1.06. The first kappa shape index (κ1) is 5.76. The van der Waals surface area contributed by atoms with Crippen LogP contribution in [-0.2, 0) is 4.79 Å². The molecule has 0 amide bonds. The number of rotatable bonds is 1.